The van der Waals surface area contributed by atoms with Crippen LogP contribution >= 0.6 is 31.7 Å². The minimum Gasteiger partial charge on any atom is -0.319 e. The van der Waals surface area contributed by atoms with Gasteiger partial charge in [-0.2, -0.15) is 43.2 Å². The molecule has 0 aliphatic carbocycles. The van der Waals surface area contributed by atoms with Crippen LogP contribution in [-0.4, -0.2) is 111 Å². The van der Waals surface area contributed by atoms with Gasteiger partial charge < -0.3 is 12.1 Å². The number of benzene rings is 1. The monoisotopic (exact) mass is 1240 g/mol. The quantitative estimate of drug-likeness (QED) is 0.0710. The van der Waals surface area contributed by atoms with Crippen LogP contribution in [0.3, 0.4) is 0 Å². The Labute approximate surface area is 348 Å². The molecule has 0 aromatic heterocycles. The van der Waals surface area contributed by atoms with Gasteiger partial charge in [0.05, 0.1) is 73.9 Å². The molecular weight excluding hydrogens is 1170 g/mol. The molecule has 1 aromatic carbocycles. The fraction of sp³-hybridized carbons (Fsp3) is 0.812. The van der Waals surface area contributed by atoms with E-state index in [9.17, 15) is 26.3 Å². The van der Waals surface area contributed by atoms with Crippen molar-refractivity contribution >= 4 is 51.9 Å². The summed E-state index contributed by atoms with van der Waals surface area (Å²) in [6.07, 6.45) is 17.5. The van der Waals surface area contributed by atoms with Gasteiger partial charge in [-0.25, -0.2) is 0 Å². The Kier molecular flexibility index (Phi) is 62.4. The molecule has 2 N–H and O–H groups in total. The van der Waals surface area contributed by atoms with Gasteiger partial charge in [-0.3, -0.25) is 33.4 Å². The Morgan fingerprint density at radius 2 is 0.500 bits per heavy atom. The van der Waals surface area contributed by atoms with Crippen molar-refractivity contribution in [1.82, 2.24) is 0 Å². The Morgan fingerprint density at radius 3 is 0.519 bits per heavy atom. The van der Waals surface area contributed by atoms with Crippen molar-refractivity contribution in [2.24, 2.45) is 0 Å². The SMILES string of the molecule is CC[PH+](CC)CC.CC[PH+](CC)CC.CC[PH+](CC)CC.CC[PH+](CC)CC.O=S(=O)(O)C(F)(F)F.O=S(=O)(O)C(F)(F)F.[Pt+2].[Pt+2].[c-]1cc[c-]cc1. The van der Waals surface area contributed by atoms with Gasteiger partial charge >= 0.3 is 73.4 Å². The van der Waals surface area contributed by atoms with Gasteiger partial charge in [0.1, 0.15) is 0 Å². The van der Waals surface area contributed by atoms with E-state index in [-0.39, 0.29) is 73.8 Å². The molecule has 0 atom stereocenters. The first-order valence-electron chi connectivity index (χ1n) is 17.1. The smallest absolute Gasteiger partial charge is 0.319 e. The molecule has 0 bridgehead atoms. The van der Waals surface area contributed by atoms with Crippen molar-refractivity contribution in [3.8, 4) is 0 Å². The molecule has 0 heterocycles. The largest absolute Gasteiger partial charge is 2.00 e. The van der Waals surface area contributed by atoms with E-state index >= 15 is 0 Å². The van der Waals surface area contributed by atoms with Gasteiger partial charge in [-0.15, -0.1) is 0 Å². The second-order valence-corrected chi connectivity index (χ2v) is 27.4. The molecule has 0 amide bonds. The van der Waals surface area contributed by atoms with E-state index in [0.717, 1.165) is 0 Å². The van der Waals surface area contributed by atoms with Crippen LogP contribution in [-0.2, 0) is 62.4 Å². The predicted octanol–water partition coefficient (Wildman–Crippen LogP) is 11.1. The first-order valence-corrected chi connectivity index (χ1v) is 28.5. The fourth-order valence-corrected chi connectivity index (χ4v) is 9.30. The van der Waals surface area contributed by atoms with Crippen molar-refractivity contribution < 1.29 is 94.4 Å². The number of hydrogen-bond acceptors (Lipinski definition) is 4. The zero-order valence-corrected chi connectivity index (χ0v) is 43.2. The molecule has 0 spiro atoms. The Morgan fingerprint density at radius 1 is 0.404 bits per heavy atom. The van der Waals surface area contributed by atoms with E-state index in [4.69, 9.17) is 25.9 Å². The van der Waals surface area contributed by atoms with Gasteiger partial charge in [0, 0.05) is 0 Å². The van der Waals surface area contributed by atoms with E-state index in [1.165, 1.54) is 73.9 Å². The average Bonchev–Trinajstić information content (AvgIpc) is 3.05. The normalized spacial score (nSPS) is 10.8. The summed E-state index contributed by atoms with van der Waals surface area (Å²) in [7, 11) is -11.1. The maximum Gasteiger partial charge on any atom is 2.00 e. The van der Waals surface area contributed by atoms with E-state index in [0.29, 0.717) is 0 Å². The molecule has 1 rings (SSSR count). The molecule has 6 nitrogen and oxygen atoms in total. The van der Waals surface area contributed by atoms with Crippen molar-refractivity contribution in [3.05, 3.63) is 36.4 Å². The molecule has 0 fully saturated rings. The number of hydrogen-bond donors (Lipinski definition) is 2. The van der Waals surface area contributed by atoms with E-state index in [1.807, 2.05) is 24.3 Å². The summed E-state index contributed by atoms with van der Waals surface area (Å²) >= 11 is 0. The standard InChI is InChI=1S/4C6H15P.C6H4.2CHF3O3S.2Pt/c4*1-4-7(5-2)6-3;1-2-4-6-5-3-1;2*2-1(3,4)8(5,6)7;;/h4*4-6H2,1-3H3;1-2,5-6H;2*(H,5,6,7);;/q;;;;-2;;;2*+2/p+4. The molecular formula is C32H70F6O6P4Pt2S2+6. The molecule has 0 unspecified atom stereocenters. The number of alkyl halides is 6. The van der Waals surface area contributed by atoms with Gasteiger partial charge in [0.2, 0.25) is 0 Å². The third-order valence-corrected chi connectivity index (χ3v) is 20.3. The summed E-state index contributed by atoms with van der Waals surface area (Å²) in [5, 5.41) is 0. The summed E-state index contributed by atoms with van der Waals surface area (Å²) in [5.41, 5.74) is -11.1. The van der Waals surface area contributed by atoms with Crippen LogP contribution in [0.5, 0.6) is 0 Å². The Balaban J connectivity index is -0.0000000720. The first-order chi connectivity index (χ1) is 22.9. The van der Waals surface area contributed by atoms with Crippen LogP contribution in [0.4, 0.5) is 26.3 Å². The molecule has 0 saturated carbocycles. The molecule has 20 heteroatoms. The Hall–Kier alpha value is 1.72. The summed E-state index contributed by atoms with van der Waals surface area (Å²) in [6.45, 7) is 27.7. The maximum atomic E-state index is 10.7. The predicted molar refractivity (Wildman–Crippen MR) is 219 cm³/mol. The Bertz CT molecular complexity index is 880. The average molecular weight is 1240 g/mol. The van der Waals surface area contributed by atoms with Gasteiger partial charge in [-0.1, -0.05) is 0 Å². The molecule has 52 heavy (non-hydrogen) atoms. The topological polar surface area (TPSA) is 109 Å². The molecule has 0 aliphatic rings. The van der Waals surface area contributed by atoms with E-state index < -0.39 is 31.3 Å². The van der Waals surface area contributed by atoms with E-state index in [1.54, 1.807) is 0 Å². The van der Waals surface area contributed by atoms with Crippen LogP contribution in [0.2, 0.25) is 0 Å². The second kappa shape index (κ2) is 45.4. The van der Waals surface area contributed by atoms with Crippen LogP contribution in [0.15, 0.2) is 24.3 Å². The van der Waals surface area contributed by atoms with Gasteiger partial charge in [-0.05, 0) is 115 Å². The van der Waals surface area contributed by atoms with Crippen molar-refractivity contribution in [3.63, 3.8) is 0 Å². The van der Waals surface area contributed by atoms with Crippen molar-refractivity contribution in [2.45, 2.75) is 94.1 Å². The van der Waals surface area contributed by atoms with Crippen molar-refractivity contribution in [2.75, 3.05) is 73.9 Å². The molecule has 0 radical (unpaired) electrons. The zero-order valence-electron chi connectivity index (χ0n) is 33.0. The molecule has 1 aromatic rings. The van der Waals surface area contributed by atoms with Crippen LogP contribution < -0.4 is 0 Å². The summed E-state index contributed by atoms with van der Waals surface area (Å²) in [4.78, 5) is 0. The van der Waals surface area contributed by atoms with Crippen molar-refractivity contribution in [1.29, 1.82) is 0 Å². The molecule has 322 valence electrons. The van der Waals surface area contributed by atoms with Crippen LogP contribution in [0, 0.1) is 12.1 Å². The van der Waals surface area contributed by atoms with Gasteiger partial charge in [0.25, 0.3) is 0 Å². The minimum absolute atomic E-state index is 0. The van der Waals surface area contributed by atoms with E-state index in [2.05, 4.69) is 95.2 Å². The molecule has 0 aliphatic heterocycles. The summed E-state index contributed by atoms with van der Waals surface area (Å²) in [5.74, 6) is 0. The third kappa shape index (κ3) is 53.8. The molecule has 0 saturated heterocycles. The summed E-state index contributed by atoms with van der Waals surface area (Å²) < 4.78 is 115. The fourth-order valence-electron chi connectivity index (χ4n) is 3.30. The number of rotatable bonds is 12. The zero-order chi connectivity index (χ0) is 41.0. The van der Waals surface area contributed by atoms with Crippen LogP contribution in [0.25, 0.3) is 0 Å². The maximum absolute atomic E-state index is 10.7. The summed E-state index contributed by atoms with van der Waals surface area (Å²) in [6, 6.07) is 13.0. The first kappa shape index (κ1) is 71.4. The van der Waals surface area contributed by atoms with Gasteiger partial charge in [0.15, 0.2) is 0 Å². The third-order valence-electron chi connectivity index (χ3n) is 7.14. The number of halogens is 6. The van der Waals surface area contributed by atoms with Crippen LogP contribution in [0.1, 0.15) is 83.1 Å². The second-order valence-electron chi connectivity index (χ2n) is 10.1. The minimum atomic E-state index is -5.84.